The Kier molecular flexibility index (Phi) is 10.6. The first-order valence-electron chi connectivity index (χ1n) is 7.10. The number of hydrogen-bond donors (Lipinski definition) is 1. The van der Waals surface area contributed by atoms with Gasteiger partial charge in [-0.05, 0) is 37.8 Å². The lowest BCUT2D eigenvalue weighted by Crippen LogP contribution is -2.34. The molecule has 0 aliphatic rings. The molecule has 0 atom stereocenters. The van der Waals surface area contributed by atoms with Crippen LogP contribution in [0.3, 0.4) is 0 Å². The lowest BCUT2D eigenvalue weighted by atomic mass is 10.1. The van der Waals surface area contributed by atoms with Crippen molar-refractivity contribution in [3.05, 3.63) is 12.7 Å². The Labute approximate surface area is 108 Å². The molecule has 0 saturated heterocycles. The second kappa shape index (κ2) is 10.8. The Bertz CT molecular complexity index is 164. The molecule has 102 valence electrons. The van der Waals surface area contributed by atoms with E-state index >= 15 is 0 Å². The van der Waals surface area contributed by atoms with E-state index in [0.717, 1.165) is 31.5 Å². The minimum atomic E-state index is 0.803. The van der Waals surface area contributed by atoms with Crippen molar-refractivity contribution >= 4 is 0 Å². The van der Waals surface area contributed by atoms with E-state index in [9.17, 15) is 0 Å². The van der Waals surface area contributed by atoms with Gasteiger partial charge in [0.1, 0.15) is 0 Å². The highest BCUT2D eigenvalue weighted by molar-refractivity contribution is 4.70. The lowest BCUT2D eigenvalue weighted by Gasteiger charge is -2.24. The van der Waals surface area contributed by atoms with Gasteiger partial charge in [0.25, 0.3) is 0 Å². The Hall–Kier alpha value is -0.340. The Morgan fingerprint density at radius 2 is 1.53 bits per heavy atom. The van der Waals surface area contributed by atoms with E-state index in [4.69, 9.17) is 0 Å². The summed E-state index contributed by atoms with van der Waals surface area (Å²) < 4.78 is 0. The van der Waals surface area contributed by atoms with Crippen LogP contribution in [0.15, 0.2) is 12.7 Å². The van der Waals surface area contributed by atoms with Crippen molar-refractivity contribution in [1.29, 1.82) is 0 Å². The monoisotopic (exact) mass is 240 g/mol. The average Bonchev–Trinajstić information content (AvgIpc) is 2.26. The molecule has 0 rings (SSSR count). The highest BCUT2D eigenvalue weighted by atomic mass is 15.1. The zero-order valence-corrected chi connectivity index (χ0v) is 12.3. The van der Waals surface area contributed by atoms with Crippen molar-refractivity contribution in [2.24, 2.45) is 11.8 Å². The number of nitrogens with zero attached hydrogens (tertiary/aromatic N) is 1. The van der Waals surface area contributed by atoms with E-state index < -0.39 is 0 Å². The molecule has 0 aliphatic heterocycles. The fourth-order valence-corrected chi connectivity index (χ4v) is 1.66. The van der Waals surface area contributed by atoms with Gasteiger partial charge in [-0.2, -0.15) is 0 Å². The first-order valence-corrected chi connectivity index (χ1v) is 7.10. The van der Waals surface area contributed by atoms with Crippen LogP contribution in [-0.4, -0.2) is 37.6 Å². The van der Waals surface area contributed by atoms with E-state index in [0.29, 0.717) is 0 Å². The summed E-state index contributed by atoms with van der Waals surface area (Å²) in [6.07, 6.45) is 4.53. The third kappa shape index (κ3) is 11.9. The lowest BCUT2D eigenvalue weighted by molar-refractivity contribution is 0.244. The van der Waals surface area contributed by atoms with Crippen molar-refractivity contribution in [1.82, 2.24) is 10.2 Å². The molecule has 0 amide bonds. The maximum absolute atomic E-state index is 3.72. The fraction of sp³-hybridized carbons (Fsp3) is 0.867. The summed E-state index contributed by atoms with van der Waals surface area (Å²) in [5, 5.41) is 3.38. The molecule has 1 N–H and O–H groups in total. The van der Waals surface area contributed by atoms with Crippen molar-refractivity contribution in [3.8, 4) is 0 Å². The molecule has 0 spiro atoms. The maximum Gasteiger partial charge on any atom is 0.0132 e. The first kappa shape index (κ1) is 16.7. The van der Waals surface area contributed by atoms with Crippen LogP contribution in [0, 0.1) is 11.8 Å². The minimum absolute atomic E-state index is 0.803. The largest absolute Gasteiger partial charge is 0.312 e. The Morgan fingerprint density at radius 1 is 1.00 bits per heavy atom. The van der Waals surface area contributed by atoms with Gasteiger partial charge in [-0.1, -0.05) is 33.8 Å². The highest BCUT2D eigenvalue weighted by Gasteiger charge is 2.06. The molecule has 2 heteroatoms. The molecule has 17 heavy (non-hydrogen) atoms. The SMILES string of the molecule is C=CCNCCN(CCC(C)C)CCC(C)C. The molecule has 0 unspecified atom stereocenters. The van der Waals surface area contributed by atoms with Gasteiger partial charge < -0.3 is 10.2 Å². The predicted molar refractivity (Wildman–Crippen MR) is 78.4 cm³/mol. The van der Waals surface area contributed by atoms with Gasteiger partial charge in [0.05, 0.1) is 0 Å². The van der Waals surface area contributed by atoms with Crippen LogP contribution in [-0.2, 0) is 0 Å². The summed E-state index contributed by atoms with van der Waals surface area (Å²) in [6, 6.07) is 0. The fourth-order valence-electron chi connectivity index (χ4n) is 1.66. The average molecular weight is 240 g/mol. The van der Waals surface area contributed by atoms with Crippen LogP contribution in [0.2, 0.25) is 0 Å². The minimum Gasteiger partial charge on any atom is -0.312 e. The normalized spacial score (nSPS) is 11.7. The van der Waals surface area contributed by atoms with Gasteiger partial charge >= 0.3 is 0 Å². The molecule has 0 radical (unpaired) electrons. The smallest absolute Gasteiger partial charge is 0.0132 e. The third-order valence-electron chi connectivity index (χ3n) is 2.94. The number of rotatable bonds is 11. The van der Waals surface area contributed by atoms with Gasteiger partial charge in [0.2, 0.25) is 0 Å². The third-order valence-corrected chi connectivity index (χ3v) is 2.94. The second-order valence-corrected chi connectivity index (χ2v) is 5.70. The number of nitrogens with one attached hydrogen (secondary N) is 1. The van der Waals surface area contributed by atoms with Crippen LogP contribution in [0.5, 0.6) is 0 Å². The molecule has 0 saturated carbocycles. The molecule has 2 nitrogen and oxygen atoms in total. The summed E-state index contributed by atoms with van der Waals surface area (Å²) in [5.41, 5.74) is 0. The Morgan fingerprint density at radius 3 is 1.94 bits per heavy atom. The number of hydrogen-bond acceptors (Lipinski definition) is 2. The second-order valence-electron chi connectivity index (χ2n) is 5.70. The molecule has 0 fully saturated rings. The van der Waals surface area contributed by atoms with E-state index in [1.807, 2.05) is 6.08 Å². The topological polar surface area (TPSA) is 15.3 Å². The maximum atomic E-state index is 3.72. The first-order chi connectivity index (χ1) is 8.06. The van der Waals surface area contributed by atoms with Crippen LogP contribution >= 0.6 is 0 Å². The zero-order valence-electron chi connectivity index (χ0n) is 12.3. The molecular weight excluding hydrogens is 208 g/mol. The highest BCUT2D eigenvalue weighted by Crippen LogP contribution is 2.05. The van der Waals surface area contributed by atoms with Gasteiger partial charge in [-0.25, -0.2) is 0 Å². The molecular formula is C15H32N2. The van der Waals surface area contributed by atoms with Gasteiger partial charge in [0, 0.05) is 19.6 Å². The van der Waals surface area contributed by atoms with E-state index in [-0.39, 0.29) is 0 Å². The van der Waals surface area contributed by atoms with Crippen LogP contribution in [0.4, 0.5) is 0 Å². The van der Waals surface area contributed by atoms with Crippen LogP contribution in [0.1, 0.15) is 40.5 Å². The summed E-state index contributed by atoms with van der Waals surface area (Å²) >= 11 is 0. The quantitative estimate of drug-likeness (QED) is 0.441. The van der Waals surface area contributed by atoms with Crippen molar-refractivity contribution < 1.29 is 0 Å². The molecule has 0 aliphatic carbocycles. The standard InChI is InChI=1S/C15H32N2/c1-6-9-16-10-13-17(11-7-14(2)3)12-8-15(4)5/h6,14-16H,1,7-13H2,2-5H3. The zero-order chi connectivity index (χ0) is 13.1. The van der Waals surface area contributed by atoms with Gasteiger partial charge in [0.15, 0.2) is 0 Å². The summed E-state index contributed by atoms with van der Waals surface area (Å²) in [6.45, 7) is 18.6. The van der Waals surface area contributed by atoms with Gasteiger partial charge in [-0.3, -0.25) is 0 Å². The molecule has 0 aromatic carbocycles. The van der Waals surface area contributed by atoms with Crippen LogP contribution < -0.4 is 5.32 Å². The van der Waals surface area contributed by atoms with E-state index in [1.54, 1.807) is 0 Å². The molecule has 0 bridgehead atoms. The van der Waals surface area contributed by atoms with Crippen LogP contribution in [0.25, 0.3) is 0 Å². The summed E-state index contributed by atoms with van der Waals surface area (Å²) in [5.74, 6) is 1.61. The molecule has 0 heterocycles. The van der Waals surface area contributed by atoms with Crippen molar-refractivity contribution in [2.45, 2.75) is 40.5 Å². The van der Waals surface area contributed by atoms with Crippen molar-refractivity contribution in [3.63, 3.8) is 0 Å². The van der Waals surface area contributed by atoms with Gasteiger partial charge in [-0.15, -0.1) is 6.58 Å². The Balaban J connectivity index is 3.79. The summed E-state index contributed by atoms with van der Waals surface area (Å²) in [4.78, 5) is 2.59. The molecule has 0 aromatic heterocycles. The summed E-state index contributed by atoms with van der Waals surface area (Å²) in [7, 11) is 0. The predicted octanol–water partition coefficient (Wildman–Crippen LogP) is 3.16. The van der Waals surface area contributed by atoms with E-state index in [1.165, 1.54) is 25.9 Å². The van der Waals surface area contributed by atoms with Crippen molar-refractivity contribution in [2.75, 3.05) is 32.7 Å². The van der Waals surface area contributed by atoms with E-state index in [2.05, 4.69) is 44.5 Å². The molecule has 0 aromatic rings.